The number of aromatic nitrogens is 5. The molecule has 0 saturated carbocycles. The summed E-state index contributed by atoms with van der Waals surface area (Å²) in [7, 11) is 0. The number of carbonyl (C=O) groups is 1. The minimum Gasteiger partial charge on any atom is -0.474 e. The number of pyridine rings is 1. The van der Waals surface area contributed by atoms with E-state index in [9.17, 15) is 9.59 Å². The number of nitrogens with zero attached hydrogens (tertiary/aromatic N) is 7. The zero-order valence-corrected chi connectivity index (χ0v) is 24.0. The molecule has 1 amide bonds. The predicted molar refractivity (Wildman–Crippen MR) is 158 cm³/mol. The summed E-state index contributed by atoms with van der Waals surface area (Å²) < 4.78 is 38.7. The molecule has 222 valence electrons. The number of anilines is 2. The molecule has 2 aliphatic rings. The highest BCUT2D eigenvalue weighted by molar-refractivity contribution is 5.92. The lowest BCUT2D eigenvalue weighted by atomic mass is 10.1. The van der Waals surface area contributed by atoms with Gasteiger partial charge in [-0.25, -0.2) is 28.1 Å². The van der Waals surface area contributed by atoms with Crippen LogP contribution < -0.4 is 20.6 Å². The van der Waals surface area contributed by atoms with E-state index in [0.29, 0.717) is 31.0 Å². The summed E-state index contributed by atoms with van der Waals surface area (Å²) >= 11 is 0. The molecule has 0 spiro atoms. The van der Waals surface area contributed by atoms with Crippen molar-refractivity contribution in [3.8, 4) is 22.8 Å². The number of rotatable bonds is 3. The Labute approximate surface area is 245 Å². The first kappa shape index (κ1) is 28.2. The topological polar surface area (TPSA) is 118 Å². The largest absolute Gasteiger partial charge is 0.474 e. The van der Waals surface area contributed by atoms with Gasteiger partial charge in [0.05, 0.1) is 16.6 Å². The van der Waals surface area contributed by atoms with Crippen molar-refractivity contribution in [1.29, 1.82) is 0 Å². The first-order valence-corrected chi connectivity index (χ1v) is 14.0. The van der Waals surface area contributed by atoms with Crippen LogP contribution in [0.15, 0.2) is 48.0 Å². The molecule has 2 bridgehead atoms. The first-order valence-electron chi connectivity index (χ1n) is 14.0. The summed E-state index contributed by atoms with van der Waals surface area (Å²) in [6, 6.07) is 5.32. The summed E-state index contributed by atoms with van der Waals surface area (Å²) in [5.74, 6) is -1.50. The third kappa shape index (κ3) is 4.84. The third-order valence-electron chi connectivity index (χ3n) is 7.68. The van der Waals surface area contributed by atoms with Crippen LogP contribution in [0.5, 0.6) is 5.88 Å². The number of benzene rings is 1. The number of fused-ring (bicyclic) bond motifs is 5. The van der Waals surface area contributed by atoms with Crippen LogP contribution in [0.2, 0.25) is 0 Å². The average molecular weight is 589 g/mol. The van der Waals surface area contributed by atoms with Crippen LogP contribution in [0.4, 0.5) is 20.3 Å². The van der Waals surface area contributed by atoms with E-state index in [1.54, 1.807) is 11.0 Å². The number of piperazine rings is 1. The maximum absolute atomic E-state index is 16.1. The quantitative estimate of drug-likeness (QED) is 0.358. The normalized spacial score (nSPS) is 16.6. The van der Waals surface area contributed by atoms with Gasteiger partial charge in [-0.1, -0.05) is 26.5 Å². The van der Waals surface area contributed by atoms with Gasteiger partial charge in [-0.3, -0.25) is 4.79 Å². The zero-order valence-electron chi connectivity index (χ0n) is 24.0. The number of ether oxygens (including phenoxy) is 1. The number of hydrogen-bond donors (Lipinski definition) is 1. The molecule has 1 saturated heterocycles. The van der Waals surface area contributed by atoms with Crippen LogP contribution in [0.25, 0.3) is 28.0 Å². The van der Waals surface area contributed by atoms with E-state index >= 15 is 8.78 Å². The lowest BCUT2D eigenvalue weighted by Gasteiger charge is -2.40. The second-order valence-corrected chi connectivity index (χ2v) is 10.8. The third-order valence-corrected chi connectivity index (χ3v) is 7.68. The Morgan fingerprint density at radius 2 is 2.00 bits per heavy atom. The zero-order chi connectivity index (χ0) is 30.4. The molecule has 6 rings (SSSR count). The number of hydrogen-bond acceptors (Lipinski definition) is 9. The molecule has 1 aromatic carbocycles. The summed E-state index contributed by atoms with van der Waals surface area (Å²) in [6.45, 7) is 10.6. The fourth-order valence-corrected chi connectivity index (χ4v) is 5.66. The van der Waals surface area contributed by atoms with E-state index in [1.165, 1.54) is 35.2 Å². The standard InChI is InChI=1S/C30H30F2N8O3/c1-5-22(41)38-10-11-39(17(4)14-38)27-18-13-20(32)25-23-19(31)7-6-8-21(23)33-9-12-43-29-26(24(16(2)3)34-15-35-29)40(28(18)36-25)30(42)37-27/h5-8,13,15-17,33H,1,9-12,14H2,2-4H3/t17-/m1/s1. The Morgan fingerprint density at radius 1 is 1.19 bits per heavy atom. The predicted octanol–water partition coefficient (Wildman–Crippen LogP) is 3.67. The molecule has 1 atom stereocenters. The van der Waals surface area contributed by atoms with Gasteiger partial charge in [0.2, 0.25) is 11.8 Å². The van der Waals surface area contributed by atoms with E-state index in [0.717, 1.165) is 0 Å². The van der Waals surface area contributed by atoms with Gasteiger partial charge in [-0.2, -0.15) is 9.97 Å². The van der Waals surface area contributed by atoms with E-state index in [2.05, 4.69) is 31.8 Å². The van der Waals surface area contributed by atoms with Crippen LogP contribution >= 0.6 is 0 Å². The van der Waals surface area contributed by atoms with Gasteiger partial charge in [-0.05, 0) is 37.1 Å². The molecule has 1 fully saturated rings. The van der Waals surface area contributed by atoms with Crippen LogP contribution in [0.3, 0.4) is 0 Å². The lowest BCUT2D eigenvalue weighted by molar-refractivity contribution is -0.126. The molecule has 43 heavy (non-hydrogen) atoms. The van der Waals surface area contributed by atoms with Crippen molar-refractivity contribution < 1.29 is 18.3 Å². The number of halogens is 2. The summed E-state index contributed by atoms with van der Waals surface area (Å²) in [5, 5.41) is 3.33. The molecule has 1 N–H and O–H groups in total. The van der Waals surface area contributed by atoms with E-state index < -0.39 is 17.3 Å². The lowest BCUT2D eigenvalue weighted by Crippen LogP contribution is -2.54. The second kappa shape index (κ2) is 11.0. The minimum atomic E-state index is -0.788. The highest BCUT2D eigenvalue weighted by Gasteiger charge is 2.32. The van der Waals surface area contributed by atoms with Crippen LogP contribution in [-0.4, -0.2) is 74.1 Å². The Balaban J connectivity index is 1.68. The van der Waals surface area contributed by atoms with Gasteiger partial charge in [0.25, 0.3) is 0 Å². The Morgan fingerprint density at radius 3 is 2.74 bits per heavy atom. The van der Waals surface area contributed by atoms with Crippen LogP contribution in [0, 0.1) is 11.6 Å². The van der Waals surface area contributed by atoms with Gasteiger partial charge in [0.15, 0.2) is 11.5 Å². The molecular formula is C30H30F2N8O3. The molecule has 0 aliphatic carbocycles. The van der Waals surface area contributed by atoms with Crippen LogP contribution in [0.1, 0.15) is 32.4 Å². The maximum Gasteiger partial charge on any atom is 0.356 e. The summed E-state index contributed by atoms with van der Waals surface area (Å²) in [5.41, 5.74) is 0.0459. The fourth-order valence-electron chi connectivity index (χ4n) is 5.66. The smallest absolute Gasteiger partial charge is 0.356 e. The van der Waals surface area contributed by atoms with Gasteiger partial charge < -0.3 is 19.9 Å². The average Bonchev–Trinajstić information content (AvgIpc) is 2.98. The molecule has 0 unspecified atom stereocenters. The highest BCUT2D eigenvalue weighted by atomic mass is 19.1. The highest BCUT2D eigenvalue weighted by Crippen LogP contribution is 2.37. The van der Waals surface area contributed by atoms with E-state index in [1.807, 2.05) is 25.7 Å². The Kier molecular flexibility index (Phi) is 7.24. The van der Waals surface area contributed by atoms with Gasteiger partial charge in [0.1, 0.15) is 36.0 Å². The minimum absolute atomic E-state index is 0.0412. The van der Waals surface area contributed by atoms with Crippen molar-refractivity contribution in [2.24, 2.45) is 0 Å². The fraction of sp³-hybridized carbons (Fsp3) is 0.333. The molecule has 11 nitrogen and oxygen atoms in total. The maximum atomic E-state index is 16.1. The number of amides is 1. The van der Waals surface area contributed by atoms with Crippen molar-refractivity contribution in [1.82, 2.24) is 29.4 Å². The van der Waals surface area contributed by atoms with E-state index in [4.69, 9.17) is 4.74 Å². The van der Waals surface area contributed by atoms with Gasteiger partial charge in [-0.15, -0.1) is 0 Å². The molecule has 0 radical (unpaired) electrons. The van der Waals surface area contributed by atoms with Crippen molar-refractivity contribution in [3.63, 3.8) is 0 Å². The van der Waals surface area contributed by atoms with Crippen molar-refractivity contribution in [2.45, 2.75) is 32.7 Å². The summed E-state index contributed by atoms with van der Waals surface area (Å²) in [6.07, 6.45) is 2.62. The number of carbonyl (C=O) groups excluding carboxylic acids is 1. The molecule has 5 heterocycles. The Hall–Kier alpha value is -4.94. The monoisotopic (exact) mass is 588 g/mol. The number of nitrogens with one attached hydrogen (secondary N) is 1. The molecule has 13 heteroatoms. The van der Waals surface area contributed by atoms with Crippen molar-refractivity contribution in [3.05, 3.63) is 71.1 Å². The first-order chi connectivity index (χ1) is 20.7. The second-order valence-electron chi connectivity index (χ2n) is 10.8. The summed E-state index contributed by atoms with van der Waals surface area (Å²) in [4.78, 5) is 47.7. The van der Waals surface area contributed by atoms with Gasteiger partial charge in [0, 0.05) is 37.9 Å². The van der Waals surface area contributed by atoms with Crippen LogP contribution in [-0.2, 0) is 4.79 Å². The Bertz CT molecular complexity index is 1830. The SMILES string of the molecule is C=CC(=O)N1CCN(c2nc(=O)n3c4nc(c(F)cc24)-c2c(F)cccc2NCCOc2ncnc(C(C)C)c2-3)[C@H](C)C1. The van der Waals surface area contributed by atoms with E-state index in [-0.39, 0.29) is 70.7 Å². The molecule has 3 aromatic heterocycles. The molecule has 4 aromatic rings. The molecule has 2 aliphatic heterocycles. The van der Waals surface area contributed by atoms with Crippen molar-refractivity contribution in [2.75, 3.05) is 43.0 Å². The van der Waals surface area contributed by atoms with Gasteiger partial charge >= 0.3 is 5.69 Å². The van der Waals surface area contributed by atoms with Crippen molar-refractivity contribution >= 4 is 28.4 Å². The molecular weight excluding hydrogens is 558 g/mol.